The molecule has 78 valence electrons. The zero-order valence-corrected chi connectivity index (χ0v) is 8.74. The van der Waals surface area contributed by atoms with E-state index in [2.05, 4.69) is 10.2 Å². The fraction of sp³-hybridized carbons (Fsp3) is 0.556. The van der Waals surface area contributed by atoms with Crippen LogP contribution in [-0.2, 0) is 5.60 Å². The summed E-state index contributed by atoms with van der Waals surface area (Å²) in [7, 11) is 2.97. The fourth-order valence-corrected chi connectivity index (χ4v) is 1.05. The second-order valence-corrected chi connectivity index (χ2v) is 3.37. The molecule has 0 aliphatic heterocycles. The van der Waals surface area contributed by atoms with E-state index in [9.17, 15) is 5.11 Å². The summed E-state index contributed by atoms with van der Waals surface area (Å²) < 4.78 is 9.89. The minimum absolute atomic E-state index is 0.304. The number of nitrogens with zero attached hydrogens (tertiary/aromatic N) is 2. The molecule has 0 aliphatic carbocycles. The molecule has 0 bridgehead atoms. The van der Waals surface area contributed by atoms with Crippen molar-refractivity contribution in [2.75, 3.05) is 14.2 Å². The predicted octanol–water partition coefficient (Wildman–Crippen LogP) is 0.721. The van der Waals surface area contributed by atoms with Crippen LogP contribution in [0.25, 0.3) is 0 Å². The van der Waals surface area contributed by atoms with Gasteiger partial charge in [-0.2, -0.15) is 0 Å². The molecule has 1 heterocycles. The highest BCUT2D eigenvalue weighted by molar-refractivity contribution is 5.33. The molecule has 0 saturated carbocycles. The zero-order valence-electron chi connectivity index (χ0n) is 8.74. The van der Waals surface area contributed by atoms with Gasteiger partial charge in [0.25, 0.3) is 0 Å². The summed E-state index contributed by atoms with van der Waals surface area (Å²) in [5, 5.41) is 17.3. The summed E-state index contributed by atoms with van der Waals surface area (Å²) in [4.78, 5) is 0. The van der Waals surface area contributed by atoms with E-state index in [0.717, 1.165) is 0 Å². The molecule has 1 N–H and O–H groups in total. The van der Waals surface area contributed by atoms with E-state index < -0.39 is 5.60 Å². The molecule has 0 unspecified atom stereocenters. The second-order valence-electron chi connectivity index (χ2n) is 3.37. The SMILES string of the molecule is COc1cc(C(C)(C)O)c(OC)nn1. The molecule has 0 aliphatic rings. The van der Waals surface area contributed by atoms with Gasteiger partial charge >= 0.3 is 0 Å². The Morgan fingerprint density at radius 3 is 2.29 bits per heavy atom. The largest absolute Gasteiger partial charge is 0.480 e. The Bertz CT molecular complexity index is 320. The molecule has 14 heavy (non-hydrogen) atoms. The Balaban J connectivity index is 3.22. The molecule has 1 aromatic heterocycles. The first-order valence-electron chi connectivity index (χ1n) is 4.17. The van der Waals surface area contributed by atoms with Crippen LogP contribution in [0, 0.1) is 0 Å². The molecular formula is C9H14N2O3. The van der Waals surface area contributed by atoms with E-state index in [0.29, 0.717) is 17.3 Å². The van der Waals surface area contributed by atoms with Gasteiger partial charge in [-0.25, -0.2) is 0 Å². The molecule has 0 saturated heterocycles. The van der Waals surface area contributed by atoms with Crippen molar-refractivity contribution in [2.24, 2.45) is 0 Å². The Hall–Kier alpha value is -1.36. The fourth-order valence-electron chi connectivity index (χ4n) is 1.05. The average molecular weight is 198 g/mol. The summed E-state index contributed by atoms with van der Waals surface area (Å²) in [5.74, 6) is 0.654. The maximum absolute atomic E-state index is 9.82. The lowest BCUT2D eigenvalue weighted by molar-refractivity contribution is 0.0741. The third kappa shape index (κ3) is 2.11. The normalized spacial score (nSPS) is 11.2. The van der Waals surface area contributed by atoms with E-state index in [1.54, 1.807) is 19.9 Å². The zero-order chi connectivity index (χ0) is 10.8. The van der Waals surface area contributed by atoms with Gasteiger partial charge in [-0.3, -0.25) is 0 Å². The molecule has 0 amide bonds. The van der Waals surface area contributed by atoms with Crippen molar-refractivity contribution in [3.63, 3.8) is 0 Å². The molecule has 5 nitrogen and oxygen atoms in total. The standard InChI is InChI=1S/C9H14N2O3/c1-9(2,12)6-5-7(13-3)10-11-8(6)14-4/h5,12H,1-4H3. The third-order valence-electron chi connectivity index (χ3n) is 1.80. The lowest BCUT2D eigenvalue weighted by atomic mass is 10.0. The monoisotopic (exact) mass is 198 g/mol. The summed E-state index contributed by atoms with van der Waals surface area (Å²) >= 11 is 0. The Kier molecular flexibility index (Phi) is 2.90. The van der Waals surface area contributed by atoms with Crippen LogP contribution in [0.1, 0.15) is 19.4 Å². The van der Waals surface area contributed by atoms with Crippen LogP contribution in [0.3, 0.4) is 0 Å². The summed E-state index contributed by atoms with van der Waals surface area (Å²) in [6, 6.07) is 1.60. The van der Waals surface area contributed by atoms with E-state index in [1.165, 1.54) is 14.2 Å². The average Bonchev–Trinajstić information content (AvgIpc) is 2.15. The number of aromatic nitrogens is 2. The van der Waals surface area contributed by atoms with Gasteiger partial charge in [-0.15, -0.1) is 10.2 Å². The third-order valence-corrected chi connectivity index (χ3v) is 1.80. The van der Waals surface area contributed by atoms with Crippen LogP contribution >= 0.6 is 0 Å². The van der Waals surface area contributed by atoms with Crippen molar-refractivity contribution < 1.29 is 14.6 Å². The van der Waals surface area contributed by atoms with Crippen LogP contribution in [0.5, 0.6) is 11.8 Å². The Morgan fingerprint density at radius 2 is 1.86 bits per heavy atom. The van der Waals surface area contributed by atoms with Gasteiger partial charge in [0, 0.05) is 6.07 Å². The highest BCUT2D eigenvalue weighted by atomic mass is 16.5. The first-order valence-corrected chi connectivity index (χ1v) is 4.17. The van der Waals surface area contributed by atoms with Gasteiger partial charge in [0.05, 0.1) is 25.4 Å². The molecule has 0 aromatic carbocycles. The molecule has 0 atom stereocenters. The Morgan fingerprint density at radius 1 is 1.21 bits per heavy atom. The van der Waals surface area contributed by atoms with Crippen molar-refractivity contribution in [3.8, 4) is 11.8 Å². The molecule has 0 spiro atoms. The van der Waals surface area contributed by atoms with Gasteiger partial charge < -0.3 is 14.6 Å². The molecule has 5 heteroatoms. The van der Waals surface area contributed by atoms with Crippen LogP contribution < -0.4 is 9.47 Å². The minimum atomic E-state index is -1.03. The van der Waals surface area contributed by atoms with Gasteiger partial charge in [0.15, 0.2) is 0 Å². The van der Waals surface area contributed by atoms with Crippen molar-refractivity contribution in [3.05, 3.63) is 11.6 Å². The number of hydrogen-bond acceptors (Lipinski definition) is 5. The minimum Gasteiger partial charge on any atom is -0.480 e. The summed E-state index contributed by atoms with van der Waals surface area (Å²) in [6.07, 6.45) is 0. The molecule has 0 radical (unpaired) electrons. The maximum atomic E-state index is 9.82. The molecule has 1 rings (SSSR count). The van der Waals surface area contributed by atoms with Crippen LogP contribution in [-0.4, -0.2) is 29.5 Å². The first-order chi connectivity index (χ1) is 6.49. The summed E-state index contributed by atoms with van der Waals surface area (Å²) in [6.45, 7) is 3.29. The predicted molar refractivity (Wildman–Crippen MR) is 50.4 cm³/mol. The topological polar surface area (TPSA) is 64.5 Å². The van der Waals surface area contributed by atoms with E-state index >= 15 is 0 Å². The lowest BCUT2D eigenvalue weighted by Gasteiger charge is -2.19. The number of ether oxygens (including phenoxy) is 2. The Labute approximate surface area is 82.7 Å². The van der Waals surface area contributed by atoms with E-state index in [-0.39, 0.29) is 0 Å². The lowest BCUT2D eigenvalue weighted by Crippen LogP contribution is -2.18. The second kappa shape index (κ2) is 3.79. The van der Waals surface area contributed by atoms with E-state index in [4.69, 9.17) is 9.47 Å². The highest BCUT2D eigenvalue weighted by Gasteiger charge is 2.23. The maximum Gasteiger partial charge on any atom is 0.239 e. The summed E-state index contributed by atoms with van der Waals surface area (Å²) in [5.41, 5.74) is -0.485. The van der Waals surface area contributed by atoms with Gasteiger partial charge in [0.2, 0.25) is 11.8 Å². The van der Waals surface area contributed by atoms with E-state index in [1.807, 2.05) is 0 Å². The number of aliphatic hydroxyl groups is 1. The van der Waals surface area contributed by atoms with Crippen molar-refractivity contribution in [2.45, 2.75) is 19.4 Å². The number of hydrogen-bond donors (Lipinski definition) is 1. The van der Waals surface area contributed by atoms with Gasteiger partial charge in [-0.05, 0) is 13.8 Å². The molecular weight excluding hydrogens is 184 g/mol. The van der Waals surface area contributed by atoms with Crippen molar-refractivity contribution in [1.29, 1.82) is 0 Å². The van der Waals surface area contributed by atoms with Crippen LogP contribution in [0.2, 0.25) is 0 Å². The highest BCUT2D eigenvalue weighted by Crippen LogP contribution is 2.29. The van der Waals surface area contributed by atoms with Crippen molar-refractivity contribution >= 4 is 0 Å². The molecule has 0 fully saturated rings. The quantitative estimate of drug-likeness (QED) is 0.775. The number of methoxy groups -OCH3 is 2. The first kappa shape index (κ1) is 10.7. The van der Waals surface area contributed by atoms with Gasteiger partial charge in [-0.1, -0.05) is 0 Å². The van der Waals surface area contributed by atoms with Gasteiger partial charge in [0.1, 0.15) is 0 Å². The smallest absolute Gasteiger partial charge is 0.239 e. The number of rotatable bonds is 3. The van der Waals surface area contributed by atoms with Crippen molar-refractivity contribution in [1.82, 2.24) is 10.2 Å². The van der Waals surface area contributed by atoms with Crippen LogP contribution in [0.15, 0.2) is 6.07 Å². The van der Waals surface area contributed by atoms with Crippen LogP contribution in [0.4, 0.5) is 0 Å². The molecule has 1 aromatic rings.